The molecule has 0 unspecified atom stereocenters. The molecule has 1 saturated heterocycles. The van der Waals surface area contributed by atoms with Gasteiger partial charge in [0.15, 0.2) is 5.82 Å². The van der Waals surface area contributed by atoms with E-state index in [2.05, 4.69) is 76.5 Å². The molecule has 4 aromatic rings. The van der Waals surface area contributed by atoms with E-state index in [1.807, 2.05) is 0 Å². The third-order valence-electron chi connectivity index (χ3n) is 6.23. The Kier molecular flexibility index (Phi) is 4.83. The van der Waals surface area contributed by atoms with Crippen LogP contribution in [-0.4, -0.2) is 43.1 Å². The summed E-state index contributed by atoms with van der Waals surface area (Å²) in [4.78, 5) is 8.15. The molecule has 0 radical (unpaired) electrons. The van der Waals surface area contributed by atoms with Crippen LogP contribution < -0.4 is 5.73 Å². The van der Waals surface area contributed by atoms with Crippen LogP contribution in [0, 0.1) is 0 Å². The van der Waals surface area contributed by atoms with E-state index in [1.165, 1.54) is 10.9 Å². The van der Waals surface area contributed by atoms with Crippen LogP contribution in [-0.2, 0) is 13.6 Å². The monoisotopic (exact) mass is 417 g/mol. The highest BCUT2D eigenvalue weighted by atomic mass is 32.1. The second kappa shape index (κ2) is 7.52. The SMILES string of the molecule is CCn1c(-c2nc3cc(C(=S)N4CCC[C@@H](N)C4)ccc3n2C)cc2ccccc21. The molecule has 1 fully saturated rings. The molecule has 154 valence electrons. The van der Waals surface area contributed by atoms with Crippen LogP contribution in [0.5, 0.6) is 0 Å². The first kappa shape index (κ1) is 19.3. The minimum absolute atomic E-state index is 0.206. The molecule has 3 heterocycles. The normalized spacial score (nSPS) is 17.2. The smallest absolute Gasteiger partial charge is 0.157 e. The van der Waals surface area contributed by atoms with Crippen molar-refractivity contribution in [3.05, 3.63) is 54.1 Å². The van der Waals surface area contributed by atoms with E-state index in [1.54, 1.807) is 0 Å². The van der Waals surface area contributed by atoms with Gasteiger partial charge in [-0.05, 0) is 50.1 Å². The maximum Gasteiger partial charge on any atom is 0.157 e. The van der Waals surface area contributed by atoms with Crippen molar-refractivity contribution in [2.45, 2.75) is 32.4 Å². The van der Waals surface area contributed by atoms with Gasteiger partial charge in [0.05, 0.1) is 16.7 Å². The number of thiocarbonyl (C=S) groups is 1. The van der Waals surface area contributed by atoms with Crippen LogP contribution in [0.3, 0.4) is 0 Å². The standard InChI is InChI=1S/C24H27N5S/c1-3-29-20-9-5-4-7-16(20)14-22(29)23-26-19-13-17(10-11-21(19)27(23)2)24(30)28-12-6-8-18(25)15-28/h4-5,7,9-11,13-14,18H,3,6,8,12,15,25H2,1-2H3/t18-/m1/s1. The Bertz CT molecular complexity index is 1250. The molecule has 1 aliphatic heterocycles. The summed E-state index contributed by atoms with van der Waals surface area (Å²) in [6, 6.07) is 17.3. The van der Waals surface area contributed by atoms with Crippen molar-refractivity contribution >= 4 is 39.1 Å². The molecule has 0 spiro atoms. The second-order valence-corrected chi connectivity index (χ2v) is 8.57. The minimum Gasteiger partial charge on any atom is -0.361 e. The number of piperidine rings is 1. The Labute approximate surface area is 182 Å². The molecule has 2 aromatic carbocycles. The van der Waals surface area contributed by atoms with E-state index >= 15 is 0 Å². The first-order valence-electron chi connectivity index (χ1n) is 10.7. The molecule has 5 nitrogen and oxygen atoms in total. The molecule has 2 N–H and O–H groups in total. The minimum atomic E-state index is 0.206. The molecule has 1 aliphatic rings. The van der Waals surface area contributed by atoms with Crippen LogP contribution in [0.2, 0.25) is 0 Å². The van der Waals surface area contributed by atoms with Gasteiger partial charge in [-0.1, -0.05) is 30.4 Å². The number of para-hydroxylation sites is 1. The van der Waals surface area contributed by atoms with Gasteiger partial charge in [-0.2, -0.15) is 0 Å². The number of hydrogen-bond donors (Lipinski definition) is 1. The molecular weight excluding hydrogens is 390 g/mol. The van der Waals surface area contributed by atoms with E-state index in [0.29, 0.717) is 0 Å². The van der Waals surface area contributed by atoms with Crippen molar-refractivity contribution in [1.82, 2.24) is 19.0 Å². The van der Waals surface area contributed by atoms with E-state index in [4.69, 9.17) is 22.9 Å². The number of hydrogen-bond acceptors (Lipinski definition) is 3. The summed E-state index contributed by atoms with van der Waals surface area (Å²) in [5.41, 5.74) is 11.7. The lowest BCUT2D eigenvalue weighted by Crippen LogP contribution is -2.45. The maximum atomic E-state index is 6.16. The Morgan fingerprint density at radius 1 is 1.17 bits per heavy atom. The fourth-order valence-electron chi connectivity index (χ4n) is 4.68. The molecule has 5 rings (SSSR count). The van der Waals surface area contributed by atoms with E-state index in [9.17, 15) is 0 Å². The van der Waals surface area contributed by atoms with Crippen molar-refractivity contribution in [3.8, 4) is 11.5 Å². The zero-order valence-corrected chi connectivity index (χ0v) is 18.3. The Hall–Kier alpha value is -2.70. The molecule has 6 heteroatoms. The largest absolute Gasteiger partial charge is 0.361 e. The van der Waals surface area contributed by atoms with Crippen LogP contribution in [0.1, 0.15) is 25.3 Å². The number of nitrogens with two attached hydrogens (primary N) is 1. The van der Waals surface area contributed by atoms with Gasteiger partial charge >= 0.3 is 0 Å². The molecular formula is C24H27N5S. The lowest BCUT2D eigenvalue weighted by Gasteiger charge is -2.32. The number of rotatable bonds is 3. The van der Waals surface area contributed by atoms with Crippen LogP contribution in [0.15, 0.2) is 48.5 Å². The van der Waals surface area contributed by atoms with Crippen molar-refractivity contribution in [2.24, 2.45) is 12.8 Å². The second-order valence-electron chi connectivity index (χ2n) is 8.18. The first-order valence-corrected chi connectivity index (χ1v) is 11.1. The fraction of sp³-hybridized carbons (Fsp3) is 0.333. The van der Waals surface area contributed by atoms with Gasteiger partial charge in [-0.25, -0.2) is 4.98 Å². The molecule has 30 heavy (non-hydrogen) atoms. The molecule has 2 aromatic heterocycles. The molecule has 0 aliphatic carbocycles. The number of fused-ring (bicyclic) bond motifs is 2. The number of imidazole rings is 1. The molecule has 0 bridgehead atoms. The van der Waals surface area contributed by atoms with Gasteiger partial charge in [0.25, 0.3) is 0 Å². The Morgan fingerprint density at radius 3 is 2.80 bits per heavy atom. The van der Waals surface area contributed by atoms with Gasteiger partial charge in [0, 0.05) is 49.2 Å². The molecule has 0 saturated carbocycles. The third kappa shape index (κ3) is 3.11. The lowest BCUT2D eigenvalue weighted by molar-refractivity contribution is 0.314. The first-order chi connectivity index (χ1) is 14.6. The summed E-state index contributed by atoms with van der Waals surface area (Å²) in [5, 5.41) is 1.24. The Balaban J connectivity index is 1.57. The number of nitrogens with zero attached hydrogens (tertiary/aromatic N) is 4. The summed E-state index contributed by atoms with van der Waals surface area (Å²) in [6.45, 7) is 4.89. The van der Waals surface area contributed by atoms with Crippen LogP contribution >= 0.6 is 12.2 Å². The highest BCUT2D eigenvalue weighted by molar-refractivity contribution is 7.80. The maximum absolute atomic E-state index is 6.16. The lowest BCUT2D eigenvalue weighted by atomic mass is 10.1. The number of aryl methyl sites for hydroxylation is 2. The number of aromatic nitrogens is 3. The quantitative estimate of drug-likeness (QED) is 0.505. The predicted octanol–water partition coefficient (Wildman–Crippen LogP) is 4.31. The van der Waals surface area contributed by atoms with Crippen molar-refractivity contribution < 1.29 is 0 Å². The van der Waals surface area contributed by atoms with Crippen molar-refractivity contribution in [3.63, 3.8) is 0 Å². The van der Waals surface area contributed by atoms with E-state index < -0.39 is 0 Å². The summed E-state index contributed by atoms with van der Waals surface area (Å²) in [5.74, 6) is 0.978. The van der Waals surface area contributed by atoms with E-state index in [-0.39, 0.29) is 6.04 Å². The summed E-state index contributed by atoms with van der Waals surface area (Å²) in [6.07, 6.45) is 2.17. The van der Waals surface area contributed by atoms with Crippen LogP contribution in [0.4, 0.5) is 0 Å². The van der Waals surface area contributed by atoms with Gasteiger partial charge in [-0.15, -0.1) is 0 Å². The average molecular weight is 418 g/mol. The molecule has 1 atom stereocenters. The predicted molar refractivity (Wildman–Crippen MR) is 128 cm³/mol. The van der Waals surface area contributed by atoms with Gasteiger partial charge in [-0.3, -0.25) is 0 Å². The fourth-order valence-corrected chi connectivity index (χ4v) is 4.97. The van der Waals surface area contributed by atoms with Crippen molar-refractivity contribution in [2.75, 3.05) is 13.1 Å². The highest BCUT2D eigenvalue weighted by Crippen LogP contribution is 2.30. The third-order valence-corrected chi connectivity index (χ3v) is 6.72. The van der Waals surface area contributed by atoms with Crippen molar-refractivity contribution in [1.29, 1.82) is 0 Å². The topological polar surface area (TPSA) is 52.0 Å². The van der Waals surface area contributed by atoms with Gasteiger partial charge in [0.2, 0.25) is 0 Å². The Morgan fingerprint density at radius 2 is 2.00 bits per heavy atom. The van der Waals surface area contributed by atoms with Gasteiger partial charge < -0.3 is 19.8 Å². The highest BCUT2D eigenvalue weighted by Gasteiger charge is 2.21. The summed E-state index contributed by atoms with van der Waals surface area (Å²) in [7, 11) is 2.09. The zero-order valence-electron chi connectivity index (χ0n) is 17.5. The van der Waals surface area contributed by atoms with E-state index in [0.717, 1.165) is 65.6 Å². The zero-order chi connectivity index (χ0) is 20.8. The summed E-state index contributed by atoms with van der Waals surface area (Å²) < 4.78 is 4.51. The average Bonchev–Trinajstić information content (AvgIpc) is 3.30. The van der Waals surface area contributed by atoms with Gasteiger partial charge in [0.1, 0.15) is 4.99 Å². The number of likely N-dealkylation sites (tertiary alicyclic amines) is 1. The summed E-state index contributed by atoms with van der Waals surface area (Å²) >= 11 is 5.80. The molecule has 0 amide bonds. The number of benzene rings is 2. The van der Waals surface area contributed by atoms with Crippen LogP contribution in [0.25, 0.3) is 33.5 Å².